The predicted octanol–water partition coefficient (Wildman–Crippen LogP) is 8.62. The molecular weight excluding hydrogens is 550 g/mol. The summed E-state index contributed by atoms with van der Waals surface area (Å²) in [6.45, 7) is 0. The molecule has 1 aliphatic heterocycles. The first-order valence-electron chi connectivity index (χ1n) is 15.0. The van der Waals surface area contributed by atoms with Gasteiger partial charge in [0.05, 0.1) is 11.0 Å². The second kappa shape index (κ2) is 8.63. The van der Waals surface area contributed by atoms with Crippen LogP contribution in [0.25, 0.3) is 55.7 Å². The van der Waals surface area contributed by atoms with Crippen LogP contribution in [0.5, 0.6) is 0 Å². The molecule has 5 nitrogen and oxygen atoms in total. The molecule has 4 aliphatic carbocycles. The molecule has 1 unspecified atom stereocenters. The number of allylic oxidation sites excluding steroid dienone is 10. The highest BCUT2D eigenvalue weighted by atomic mass is 14.9. The van der Waals surface area contributed by atoms with Crippen molar-refractivity contribution in [2.75, 3.05) is 5.32 Å². The van der Waals surface area contributed by atoms with Gasteiger partial charge < -0.3 is 5.32 Å². The Hall–Kier alpha value is -6.30. The van der Waals surface area contributed by atoms with Crippen molar-refractivity contribution in [1.29, 1.82) is 10.5 Å². The Morgan fingerprint density at radius 3 is 2.33 bits per heavy atom. The van der Waals surface area contributed by atoms with Crippen molar-refractivity contribution in [1.82, 2.24) is 9.97 Å². The van der Waals surface area contributed by atoms with Crippen molar-refractivity contribution >= 4 is 50.3 Å². The smallest absolute Gasteiger partial charge is 0.138 e. The van der Waals surface area contributed by atoms with E-state index < -0.39 is 0 Å². The van der Waals surface area contributed by atoms with Gasteiger partial charge in [-0.1, -0.05) is 66.8 Å². The molecule has 3 aromatic carbocycles. The first-order valence-corrected chi connectivity index (χ1v) is 15.0. The van der Waals surface area contributed by atoms with Crippen molar-refractivity contribution in [3.8, 4) is 23.3 Å². The number of anilines is 1. The number of nitrogens with zero attached hydrogens (tertiary/aromatic N) is 4. The summed E-state index contributed by atoms with van der Waals surface area (Å²) >= 11 is 0. The highest BCUT2D eigenvalue weighted by Gasteiger charge is 2.39. The van der Waals surface area contributed by atoms with E-state index in [0.717, 1.165) is 66.5 Å². The number of hydrogen-bond donors (Lipinski definition) is 1. The zero-order valence-corrected chi connectivity index (χ0v) is 23.8. The number of benzene rings is 3. The van der Waals surface area contributed by atoms with Crippen molar-refractivity contribution in [2.24, 2.45) is 11.8 Å². The lowest BCUT2D eigenvalue weighted by Gasteiger charge is -2.11. The fourth-order valence-electron chi connectivity index (χ4n) is 7.27. The van der Waals surface area contributed by atoms with Crippen LogP contribution in [-0.2, 0) is 0 Å². The number of nitrogens with one attached hydrogen (secondary N) is 1. The zero-order chi connectivity index (χ0) is 29.8. The molecule has 5 aliphatic rings. The maximum atomic E-state index is 9.81. The topological polar surface area (TPSA) is 85.4 Å². The molecule has 0 amide bonds. The molecule has 0 saturated carbocycles. The molecule has 0 bridgehead atoms. The van der Waals surface area contributed by atoms with Gasteiger partial charge in [0.2, 0.25) is 0 Å². The van der Waals surface area contributed by atoms with Gasteiger partial charge in [0, 0.05) is 57.5 Å². The van der Waals surface area contributed by atoms with Crippen LogP contribution in [0, 0.1) is 34.5 Å². The SMILES string of the molecule is N#CC(C#N)=C1C2=C(c3ccc(-c4cnc5c(ccc6cc(C7=Cc8ccccc8NC8=CC87)cnc65)c4)cc31)[C@@H]1C=C1C=C2. The molecule has 2 atom stereocenters. The first-order chi connectivity index (χ1) is 22.2. The van der Waals surface area contributed by atoms with E-state index in [0.29, 0.717) is 0 Å². The summed E-state index contributed by atoms with van der Waals surface area (Å²) in [6.07, 6.45) is 14.8. The van der Waals surface area contributed by atoms with Crippen molar-refractivity contribution in [2.45, 2.75) is 0 Å². The van der Waals surface area contributed by atoms with Gasteiger partial charge in [0.25, 0.3) is 0 Å². The molecule has 0 spiro atoms. The lowest BCUT2D eigenvalue weighted by molar-refractivity contribution is 1.20. The number of nitriles is 2. The largest absolute Gasteiger partial charge is 0.358 e. The molecule has 206 valence electrons. The number of fused-ring (bicyclic) bond motifs is 9. The molecule has 1 N–H and O–H groups in total. The van der Waals surface area contributed by atoms with Crippen LogP contribution in [0.4, 0.5) is 5.69 Å². The summed E-state index contributed by atoms with van der Waals surface area (Å²) < 4.78 is 0. The van der Waals surface area contributed by atoms with Gasteiger partial charge in [-0.25, -0.2) is 0 Å². The molecular formula is C40H21N5. The van der Waals surface area contributed by atoms with Gasteiger partial charge in [-0.3, -0.25) is 9.97 Å². The Balaban J connectivity index is 1.04. The number of para-hydroxylation sites is 1. The van der Waals surface area contributed by atoms with E-state index in [1.807, 2.05) is 12.4 Å². The zero-order valence-electron chi connectivity index (χ0n) is 23.8. The summed E-state index contributed by atoms with van der Waals surface area (Å²) in [5, 5.41) is 25.3. The molecule has 2 aromatic heterocycles. The summed E-state index contributed by atoms with van der Waals surface area (Å²) in [5.41, 5.74) is 16.0. The molecule has 10 rings (SSSR count). The third kappa shape index (κ3) is 3.47. The molecule has 5 heteroatoms. The number of rotatable bonds is 2. The molecule has 45 heavy (non-hydrogen) atoms. The first kappa shape index (κ1) is 24.2. The van der Waals surface area contributed by atoms with Crippen LogP contribution in [0.15, 0.2) is 126 Å². The Labute approximate surface area is 258 Å². The average Bonchev–Trinajstić information content (AvgIpc) is 4.00. The van der Waals surface area contributed by atoms with E-state index in [-0.39, 0.29) is 17.4 Å². The molecule has 0 fully saturated rings. The van der Waals surface area contributed by atoms with Crippen LogP contribution in [0.1, 0.15) is 22.3 Å². The molecule has 0 radical (unpaired) electrons. The molecule has 3 heterocycles. The Morgan fingerprint density at radius 2 is 1.51 bits per heavy atom. The van der Waals surface area contributed by atoms with E-state index in [2.05, 4.69) is 115 Å². The fraction of sp³-hybridized carbons (Fsp3) is 0.0500. The number of pyridine rings is 2. The highest BCUT2D eigenvalue weighted by molar-refractivity contribution is 6.09. The van der Waals surface area contributed by atoms with Crippen LogP contribution in [-0.4, -0.2) is 9.97 Å². The van der Waals surface area contributed by atoms with Gasteiger partial charge in [0.1, 0.15) is 17.7 Å². The van der Waals surface area contributed by atoms with Gasteiger partial charge >= 0.3 is 0 Å². The van der Waals surface area contributed by atoms with Crippen LogP contribution in [0.3, 0.4) is 0 Å². The average molecular weight is 572 g/mol. The standard InChI is InChI=1S/C40H21N5/c41-17-28(18-42)37-30-10-8-22-14-32(22)38(30)29-9-7-21(13-34(29)37)26-11-24-5-6-25-12-27(20-44-40(25)39(24)43-19-26)31-15-23-3-1-2-4-35(23)45-36-16-33(31)36/h1-16,19-20,32-33,45H/t32-,33?/m1/s1. The molecule has 5 aromatic rings. The third-order valence-corrected chi connectivity index (χ3v) is 9.60. The number of aromatic nitrogens is 2. The quantitative estimate of drug-likeness (QED) is 0.169. The van der Waals surface area contributed by atoms with E-state index in [1.165, 1.54) is 28.0 Å². The van der Waals surface area contributed by atoms with Gasteiger partial charge in [-0.2, -0.15) is 10.5 Å². The highest BCUT2D eigenvalue weighted by Crippen LogP contribution is 2.56. The van der Waals surface area contributed by atoms with Gasteiger partial charge in [-0.05, 0) is 80.5 Å². The van der Waals surface area contributed by atoms with Crippen molar-refractivity contribution in [3.63, 3.8) is 0 Å². The van der Waals surface area contributed by atoms with Gasteiger partial charge in [-0.15, -0.1) is 0 Å². The van der Waals surface area contributed by atoms with Crippen molar-refractivity contribution in [3.05, 3.63) is 148 Å². The second-order valence-corrected chi connectivity index (χ2v) is 12.1. The summed E-state index contributed by atoms with van der Waals surface area (Å²) in [7, 11) is 0. The minimum atomic E-state index is 0.148. The van der Waals surface area contributed by atoms with Crippen LogP contribution in [0.2, 0.25) is 0 Å². The Bertz CT molecular complexity index is 2520. The lowest BCUT2D eigenvalue weighted by atomic mass is 9.93. The van der Waals surface area contributed by atoms with E-state index in [1.54, 1.807) is 0 Å². The van der Waals surface area contributed by atoms with Gasteiger partial charge in [0.15, 0.2) is 0 Å². The summed E-state index contributed by atoms with van der Waals surface area (Å²) in [4.78, 5) is 9.87. The monoisotopic (exact) mass is 571 g/mol. The van der Waals surface area contributed by atoms with E-state index in [4.69, 9.17) is 9.97 Å². The summed E-state index contributed by atoms with van der Waals surface area (Å²) in [6, 6.07) is 27.6. The second-order valence-electron chi connectivity index (χ2n) is 12.1. The third-order valence-electron chi connectivity index (χ3n) is 9.60. The minimum Gasteiger partial charge on any atom is -0.358 e. The van der Waals surface area contributed by atoms with E-state index >= 15 is 0 Å². The predicted molar refractivity (Wildman–Crippen MR) is 178 cm³/mol. The Kier molecular flexibility index (Phi) is 4.64. The summed E-state index contributed by atoms with van der Waals surface area (Å²) in [5.74, 6) is 0.570. The minimum absolute atomic E-state index is 0.148. The van der Waals surface area contributed by atoms with Crippen LogP contribution >= 0.6 is 0 Å². The lowest BCUT2D eigenvalue weighted by Crippen LogP contribution is -1.95. The fourth-order valence-corrected chi connectivity index (χ4v) is 7.27. The maximum Gasteiger partial charge on any atom is 0.138 e. The molecule has 0 saturated heterocycles. The maximum absolute atomic E-state index is 9.81. The van der Waals surface area contributed by atoms with Crippen LogP contribution < -0.4 is 5.32 Å². The Morgan fingerprint density at radius 1 is 0.733 bits per heavy atom. The normalized spacial score (nSPS) is 19.4. The number of hydrogen-bond acceptors (Lipinski definition) is 5. The van der Waals surface area contributed by atoms with E-state index in [9.17, 15) is 10.5 Å². The van der Waals surface area contributed by atoms with Crippen molar-refractivity contribution < 1.29 is 0 Å².